The Balaban J connectivity index is 1.37. The van der Waals surface area contributed by atoms with Gasteiger partial charge in [-0.25, -0.2) is 0 Å². The molecule has 30 heavy (non-hydrogen) atoms. The van der Waals surface area contributed by atoms with Gasteiger partial charge in [-0.2, -0.15) is 0 Å². The van der Waals surface area contributed by atoms with Gasteiger partial charge in [-0.1, -0.05) is 18.2 Å². The zero-order valence-corrected chi connectivity index (χ0v) is 16.5. The van der Waals surface area contributed by atoms with Crippen molar-refractivity contribution in [2.24, 2.45) is 4.99 Å². The molecule has 5 aromatic rings. The molecule has 0 aliphatic heterocycles. The maximum atomic E-state index is 5.94. The number of benzene rings is 3. The van der Waals surface area contributed by atoms with Crippen LogP contribution in [0, 0.1) is 0 Å². The first-order valence-electron chi connectivity index (χ1n) is 9.75. The molecule has 146 valence electrons. The topological polar surface area (TPSA) is 39.7 Å². The van der Waals surface area contributed by atoms with Gasteiger partial charge in [0.15, 0.2) is 0 Å². The normalized spacial score (nSPS) is 11.4. The molecule has 0 fully saturated rings. The van der Waals surface area contributed by atoms with Gasteiger partial charge in [0.1, 0.15) is 17.1 Å². The molecule has 3 aromatic carbocycles. The molecule has 0 bridgehead atoms. The Labute approximate surface area is 174 Å². The quantitative estimate of drug-likeness (QED) is 0.314. The fourth-order valence-corrected chi connectivity index (χ4v) is 3.45. The molecule has 0 spiro atoms. The first kappa shape index (κ1) is 18.0. The summed E-state index contributed by atoms with van der Waals surface area (Å²) in [6.07, 6.45) is 3.90. The molecule has 0 unspecified atom stereocenters. The summed E-state index contributed by atoms with van der Waals surface area (Å²) in [5, 5.41) is 1.11. The Morgan fingerprint density at radius 3 is 2.43 bits per heavy atom. The molecular formula is C26H20N2O2. The van der Waals surface area contributed by atoms with Crippen molar-refractivity contribution in [3.63, 3.8) is 0 Å². The fraction of sp³-hybridized carbons (Fsp3) is 0.0385. The lowest BCUT2D eigenvalue weighted by atomic mass is 10.1. The summed E-state index contributed by atoms with van der Waals surface area (Å²) in [7, 11) is 1.67. The number of furan rings is 1. The molecule has 0 saturated carbocycles. The van der Waals surface area contributed by atoms with Crippen LogP contribution in [0.25, 0.3) is 28.0 Å². The first-order valence-corrected chi connectivity index (χ1v) is 9.75. The third kappa shape index (κ3) is 3.51. The van der Waals surface area contributed by atoms with E-state index < -0.39 is 0 Å². The minimum atomic E-state index is 0.839. The summed E-state index contributed by atoms with van der Waals surface area (Å²) in [6, 6.07) is 30.2. The Bertz CT molecular complexity index is 1280. The molecule has 0 aliphatic carbocycles. The summed E-state index contributed by atoms with van der Waals surface area (Å²) < 4.78 is 13.3. The highest BCUT2D eigenvalue weighted by atomic mass is 16.5. The lowest BCUT2D eigenvalue weighted by Gasteiger charge is -2.07. The summed E-state index contributed by atoms with van der Waals surface area (Å²) >= 11 is 0. The first-order chi connectivity index (χ1) is 14.8. The van der Waals surface area contributed by atoms with Crippen molar-refractivity contribution in [2.45, 2.75) is 0 Å². The Kier molecular flexibility index (Phi) is 4.66. The average molecular weight is 392 g/mol. The molecule has 2 aromatic heterocycles. The zero-order valence-electron chi connectivity index (χ0n) is 16.5. The number of nitrogens with zero attached hydrogens (tertiary/aromatic N) is 2. The van der Waals surface area contributed by atoms with Crippen LogP contribution in [0.4, 0.5) is 5.69 Å². The number of fused-ring (bicyclic) bond motifs is 1. The number of aromatic nitrogens is 1. The van der Waals surface area contributed by atoms with E-state index in [1.807, 2.05) is 91.3 Å². The second kappa shape index (κ2) is 7.76. The lowest BCUT2D eigenvalue weighted by molar-refractivity contribution is 0.415. The van der Waals surface area contributed by atoms with Gasteiger partial charge >= 0.3 is 0 Å². The van der Waals surface area contributed by atoms with Crippen molar-refractivity contribution in [1.29, 1.82) is 0 Å². The van der Waals surface area contributed by atoms with Crippen LogP contribution < -0.4 is 4.74 Å². The summed E-state index contributed by atoms with van der Waals surface area (Å²) in [4.78, 5) is 4.65. The van der Waals surface area contributed by atoms with E-state index in [2.05, 4.69) is 21.7 Å². The molecule has 4 nitrogen and oxygen atoms in total. The highest BCUT2D eigenvalue weighted by molar-refractivity contribution is 5.83. The predicted octanol–water partition coefficient (Wildman–Crippen LogP) is 6.65. The monoisotopic (exact) mass is 392 g/mol. The van der Waals surface area contributed by atoms with Crippen molar-refractivity contribution in [3.05, 3.63) is 103 Å². The van der Waals surface area contributed by atoms with Crippen molar-refractivity contribution < 1.29 is 9.15 Å². The standard InChI is InChI=1S/C26H20N2O2/c1-29-24-14-12-22(13-15-24)28-16-4-6-23(28)18-27-21-10-8-19(9-11-21)26-17-20-5-2-3-7-25(20)30-26/h2-18H,1H3. The van der Waals surface area contributed by atoms with Gasteiger partial charge in [-0.3, -0.25) is 4.99 Å². The number of aliphatic imine (C=N–C) groups is 1. The number of hydrogen-bond donors (Lipinski definition) is 0. The van der Waals surface area contributed by atoms with Crippen LogP contribution in [-0.2, 0) is 0 Å². The second-order valence-corrected chi connectivity index (χ2v) is 6.95. The molecule has 0 radical (unpaired) electrons. The van der Waals surface area contributed by atoms with Crippen LogP contribution in [0.2, 0.25) is 0 Å². The smallest absolute Gasteiger partial charge is 0.135 e. The fourth-order valence-electron chi connectivity index (χ4n) is 3.45. The van der Waals surface area contributed by atoms with E-state index in [1.165, 1.54) is 0 Å². The third-order valence-electron chi connectivity index (χ3n) is 5.05. The number of rotatable bonds is 5. The lowest BCUT2D eigenvalue weighted by Crippen LogP contribution is -1.97. The van der Waals surface area contributed by atoms with E-state index in [1.54, 1.807) is 7.11 Å². The highest BCUT2D eigenvalue weighted by Gasteiger charge is 2.06. The maximum Gasteiger partial charge on any atom is 0.135 e. The van der Waals surface area contributed by atoms with Crippen LogP contribution >= 0.6 is 0 Å². The molecule has 0 saturated heterocycles. The zero-order chi connectivity index (χ0) is 20.3. The summed E-state index contributed by atoms with van der Waals surface area (Å²) in [5.41, 5.74) is 4.88. The van der Waals surface area contributed by atoms with Crippen LogP contribution in [0.15, 0.2) is 107 Å². The molecule has 2 heterocycles. The van der Waals surface area contributed by atoms with E-state index >= 15 is 0 Å². The SMILES string of the molecule is COc1ccc(-n2cccc2C=Nc2ccc(-c3cc4ccccc4o3)cc2)cc1. The number of methoxy groups -OCH3 is 1. The van der Waals surface area contributed by atoms with Gasteiger partial charge in [-0.15, -0.1) is 0 Å². The Morgan fingerprint density at radius 2 is 1.67 bits per heavy atom. The van der Waals surface area contributed by atoms with E-state index in [0.717, 1.165) is 45.1 Å². The van der Waals surface area contributed by atoms with Gasteiger partial charge in [0.25, 0.3) is 0 Å². The number of ether oxygens (including phenoxy) is 1. The van der Waals surface area contributed by atoms with Crippen molar-refractivity contribution in [2.75, 3.05) is 7.11 Å². The molecule has 0 aliphatic rings. The predicted molar refractivity (Wildman–Crippen MR) is 121 cm³/mol. The molecule has 4 heteroatoms. The maximum absolute atomic E-state index is 5.94. The molecule has 0 amide bonds. The largest absolute Gasteiger partial charge is 0.497 e. The summed E-state index contributed by atoms with van der Waals surface area (Å²) in [5.74, 6) is 1.70. The van der Waals surface area contributed by atoms with Gasteiger partial charge in [-0.05, 0) is 72.8 Å². The van der Waals surface area contributed by atoms with Gasteiger partial charge in [0.2, 0.25) is 0 Å². The van der Waals surface area contributed by atoms with Gasteiger partial charge in [0, 0.05) is 22.8 Å². The van der Waals surface area contributed by atoms with Crippen LogP contribution in [0.1, 0.15) is 5.69 Å². The summed E-state index contributed by atoms with van der Waals surface area (Å²) in [6.45, 7) is 0. The number of hydrogen-bond acceptors (Lipinski definition) is 3. The van der Waals surface area contributed by atoms with E-state index in [9.17, 15) is 0 Å². The third-order valence-corrected chi connectivity index (χ3v) is 5.05. The van der Waals surface area contributed by atoms with Crippen LogP contribution in [0.5, 0.6) is 5.75 Å². The van der Waals surface area contributed by atoms with Crippen LogP contribution in [-0.4, -0.2) is 17.9 Å². The van der Waals surface area contributed by atoms with Crippen molar-refractivity contribution in [3.8, 4) is 22.8 Å². The van der Waals surface area contributed by atoms with Crippen molar-refractivity contribution in [1.82, 2.24) is 4.57 Å². The van der Waals surface area contributed by atoms with E-state index in [-0.39, 0.29) is 0 Å². The van der Waals surface area contributed by atoms with Gasteiger partial charge in [0.05, 0.1) is 24.7 Å². The Morgan fingerprint density at radius 1 is 0.867 bits per heavy atom. The van der Waals surface area contributed by atoms with Crippen LogP contribution in [0.3, 0.4) is 0 Å². The Hall–Kier alpha value is -4.05. The van der Waals surface area contributed by atoms with E-state index in [0.29, 0.717) is 0 Å². The molecular weight excluding hydrogens is 372 g/mol. The molecule has 0 atom stereocenters. The second-order valence-electron chi connectivity index (χ2n) is 6.95. The average Bonchev–Trinajstić information content (AvgIpc) is 3.45. The van der Waals surface area contributed by atoms with Crippen molar-refractivity contribution >= 4 is 22.9 Å². The van der Waals surface area contributed by atoms with Gasteiger partial charge < -0.3 is 13.7 Å². The highest BCUT2D eigenvalue weighted by Crippen LogP contribution is 2.29. The minimum absolute atomic E-state index is 0.839. The minimum Gasteiger partial charge on any atom is -0.497 e. The number of para-hydroxylation sites is 1. The van der Waals surface area contributed by atoms with E-state index in [4.69, 9.17) is 9.15 Å². The molecule has 5 rings (SSSR count). The molecule has 0 N–H and O–H groups in total.